The molecule has 0 aliphatic carbocycles. The van der Waals surface area contributed by atoms with Crippen molar-refractivity contribution in [2.45, 2.75) is 97.4 Å². The van der Waals surface area contributed by atoms with Crippen LogP contribution < -0.4 is 17.0 Å². The Morgan fingerprint density at radius 1 is 0.941 bits per heavy atom. The number of hydrogen-bond donors (Lipinski definition) is 0. The minimum atomic E-state index is -0.328. The zero-order valence-corrected chi connectivity index (χ0v) is 23.1. The van der Waals surface area contributed by atoms with Gasteiger partial charge in [0.25, 0.3) is 5.69 Å². The number of quaternary nitrogens is 1. The van der Waals surface area contributed by atoms with Crippen LogP contribution in [0.3, 0.4) is 0 Å². The van der Waals surface area contributed by atoms with E-state index in [0.717, 1.165) is 62.2 Å². The standard InChI is InChI=1S/C27H46N3O3.BrH/c1-3-5-6-7-8-9-10-11-12-13-14-18-27(31)28-19-21-30(4-2,22-20-28)24-25-16-15-17-26(23-25)29(32)33;/h15-17,23H,3-14,18-22,24H2,1-2H3;1H/q+1;/p-1. The van der Waals surface area contributed by atoms with Gasteiger partial charge < -0.3 is 26.4 Å². The number of amides is 1. The third-order valence-electron chi connectivity index (χ3n) is 7.35. The van der Waals surface area contributed by atoms with E-state index in [2.05, 4.69) is 13.8 Å². The lowest BCUT2D eigenvalue weighted by atomic mass is 10.0. The average molecular weight is 541 g/mol. The largest absolute Gasteiger partial charge is 1.00 e. The Bertz CT molecular complexity index is 721. The Kier molecular flexibility index (Phi) is 15.3. The van der Waals surface area contributed by atoms with Crippen molar-refractivity contribution in [3.8, 4) is 0 Å². The molecule has 1 saturated heterocycles. The number of nitro groups is 1. The number of rotatable bonds is 16. The maximum absolute atomic E-state index is 12.7. The molecule has 1 aliphatic rings. The number of unbranched alkanes of at least 4 members (excludes halogenated alkanes) is 10. The van der Waals surface area contributed by atoms with Crippen molar-refractivity contribution in [3.63, 3.8) is 0 Å². The van der Waals surface area contributed by atoms with Crippen molar-refractivity contribution < 1.29 is 31.2 Å². The Hall–Kier alpha value is -1.47. The van der Waals surface area contributed by atoms with Crippen molar-refractivity contribution in [2.75, 3.05) is 32.7 Å². The molecular formula is C27H46BrN3O3. The van der Waals surface area contributed by atoms with Gasteiger partial charge in [-0.2, -0.15) is 0 Å². The first-order valence-electron chi connectivity index (χ1n) is 13.4. The van der Waals surface area contributed by atoms with Crippen molar-refractivity contribution in [2.24, 2.45) is 0 Å². The Balaban J connectivity index is 0.00000578. The number of carbonyl (C=O) groups excluding carboxylic acids is 1. The monoisotopic (exact) mass is 539 g/mol. The summed E-state index contributed by atoms with van der Waals surface area (Å²) in [6, 6.07) is 6.99. The van der Waals surface area contributed by atoms with Crippen LogP contribution in [-0.4, -0.2) is 52.9 Å². The fourth-order valence-corrected chi connectivity index (χ4v) is 4.98. The van der Waals surface area contributed by atoms with Crippen LogP contribution in [0.2, 0.25) is 0 Å². The third-order valence-corrected chi connectivity index (χ3v) is 7.35. The van der Waals surface area contributed by atoms with E-state index in [9.17, 15) is 14.9 Å². The molecule has 0 radical (unpaired) electrons. The lowest BCUT2D eigenvalue weighted by Crippen LogP contribution is -3.00. The molecule has 0 unspecified atom stereocenters. The van der Waals surface area contributed by atoms with E-state index in [4.69, 9.17) is 0 Å². The Labute approximate surface area is 217 Å². The van der Waals surface area contributed by atoms with E-state index in [0.29, 0.717) is 12.3 Å². The highest BCUT2D eigenvalue weighted by atomic mass is 79.9. The predicted octanol–water partition coefficient (Wildman–Crippen LogP) is 3.48. The van der Waals surface area contributed by atoms with E-state index in [-0.39, 0.29) is 27.6 Å². The van der Waals surface area contributed by atoms with Gasteiger partial charge in [-0.3, -0.25) is 14.9 Å². The minimum absolute atomic E-state index is 0. The van der Waals surface area contributed by atoms with E-state index in [1.54, 1.807) is 18.2 Å². The molecule has 0 atom stereocenters. The number of benzene rings is 1. The summed E-state index contributed by atoms with van der Waals surface area (Å²) in [6.45, 7) is 9.63. The van der Waals surface area contributed by atoms with E-state index in [1.807, 2.05) is 11.0 Å². The summed E-state index contributed by atoms with van der Waals surface area (Å²) in [4.78, 5) is 25.5. The highest BCUT2D eigenvalue weighted by molar-refractivity contribution is 5.76. The fraction of sp³-hybridized carbons (Fsp3) is 0.741. The van der Waals surface area contributed by atoms with Crippen molar-refractivity contribution in [3.05, 3.63) is 39.9 Å². The molecule has 1 heterocycles. The molecule has 0 N–H and O–H groups in total. The van der Waals surface area contributed by atoms with Gasteiger partial charge in [0.05, 0.1) is 37.6 Å². The maximum Gasteiger partial charge on any atom is 0.269 e. The SMILES string of the molecule is CCCCCCCCCCCCCC(=O)N1CC[N+](CC)(Cc2cccc([N+](=O)[O-])c2)CC1.[Br-]. The second kappa shape index (κ2) is 17.0. The van der Waals surface area contributed by atoms with Gasteiger partial charge in [0.1, 0.15) is 6.54 Å². The lowest BCUT2D eigenvalue weighted by molar-refractivity contribution is -0.942. The molecular weight excluding hydrogens is 494 g/mol. The van der Waals surface area contributed by atoms with Crippen LogP contribution in [0.5, 0.6) is 0 Å². The molecule has 194 valence electrons. The Morgan fingerprint density at radius 3 is 2.03 bits per heavy atom. The van der Waals surface area contributed by atoms with Gasteiger partial charge in [0.2, 0.25) is 5.91 Å². The van der Waals surface area contributed by atoms with Gasteiger partial charge in [-0.15, -0.1) is 0 Å². The average Bonchev–Trinajstić information content (AvgIpc) is 2.83. The molecule has 0 spiro atoms. The topological polar surface area (TPSA) is 63.5 Å². The molecule has 1 aromatic carbocycles. The van der Waals surface area contributed by atoms with Crippen molar-refractivity contribution in [1.82, 2.24) is 4.90 Å². The molecule has 2 rings (SSSR count). The van der Waals surface area contributed by atoms with Crippen LogP contribution in [-0.2, 0) is 11.3 Å². The van der Waals surface area contributed by atoms with Gasteiger partial charge in [0.15, 0.2) is 0 Å². The van der Waals surface area contributed by atoms with Crippen LogP contribution in [0.15, 0.2) is 24.3 Å². The normalized spacial score (nSPS) is 15.1. The maximum atomic E-state index is 12.7. The summed E-state index contributed by atoms with van der Waals surface area (Å²) in [6.07, 6.45) is 15.0. The first-order valence-corrected chi connectivity index (χ1v) is 13.4. The lowest BCUT2D eigenvalue weighted by Gasteiger charge is -2.44. The number of non-ortho nitro benzene ring substituents is 1. The second-order valence-corrected chi connectivity index (χ2v) is 9.86. The first kappa shape index (κ1) is 30.6. The highest BCUT2D eigenvalue weighted by Crippen LogP contribution is 2.22. The molecule has 34 heavy (non-hydrogen) atoms. The molecule has 0 aromatic heterocycles. The molecule has 1 amide bonds. The molecule has 6 nitrogen and oxygen atoms in total. The minimum Gasteiger partial charge on any atom is -1.00 e. The molecule has 1 fully saturated rings. The summed E-state index contributed by atoms with van der Waals surface area (Å²) in [5, 5.41) is 11.1. The molecule has 1 aliphatic heterocycles. The van der Waals surface area contributed by atoms with Crippen LogP contribution in [0.4, 0.5) is 5.69 Å². The van der Waals surface area contributed by atoms with E-state index >= 15 is 0 Å². The summed E-state index contributed by atoms with van der Waals surface area (Å²) in [5.74, 6) is 0.301. The second-order valence-electron chi connectivity index (χ2n) is 9.86. The van der Waals surface area contributed by atoms with Crippen molar-refractivity contribution in [1.29, 1.82) is 0 Å². The number of halogens is 1. The summed E-state index contributed by atoms with van der Waals surface area (Å²) < 4.78 is 0.892. The van der Waals surface area contributed by atoms with Gasteiger partial charge in [-0.05, 0) is 13.3 Å². The number of nitro benzene ring substituents is 1. The predicted molar refractivity (Wildman–Crippen MR) is 135 cm³/mol. The van der Waals surface area contributed by atoms with Crippen molar-refractivity contribution >= 4 is 11.6 Å². The number of hydrogen-bond acceptors (Lipinski definition) is 3. The zero-order valence-electron chi connectivity index (χ0n) is 21.5. The van der Waals surface area contributed by atoms with Gasteiger partial charge in [-0.25, -0.2) is 0 Å². The van der Waals surface area contributed by atoms with Crippen LogP contribution in [0.1, 0.15) is 96.5 Å². The molecule has 1 aromatic rings. The molecule has 7 heteroatoms. The molecule has 0 bridgehead atoms. The number of nitrogens with zero attached hydrogens (tertiary/aromatic N) is 3. The van der Waals surface area contributed by atoms with Gasteiger partial charge in [-0.1, -0.05) is 83.3 Å². The smallest absolute Gasteiger partial charge is 0.269 e. The number of piperazine rings is 1. The van der Waals surface area contributed by atoms with E-state index < -0.39 is 0 Å². The van der Waals surface area contributed by atoms with Crippen LogP contribution in [0, 0.1) is 10.1 Å². The number of carbonyl (C=O) groups is 1. The third kappa shape index (κ3) is 10.9. The fourth-order valence-electron chi connectivity index (χ4n) is 4.98. The summed E-state index contributed by atoms with van der Waals surface area (Å²) >= 11 is 0. The van der Waals surface area contributed by atoms with E-state index in [1.165, 1.54) is 57.8 Å². The van der Waals surface area contributed by atoms with Crippen LogP contribution in [0.25, 0.3) is 0 Å². The highest BCUT2D eigenvalue weighted by Gasteiger charge is 2.33. The summed E-state index contributed by atoms with van der Waals surface area (Å²) in [5.41, 5.74) is 1.16. The van der Waals surface area contributed by atoms with Crippen LogP contribution >= 0.6 is 0 Å². The first-order chi connectivity index (χ1) is 16.0. The van der Waals surface area contributed by atoms with Gasteiger partial charge in [0, 0.05) is 24.1 Å². The summed E-state index contributed by atoms with van der Waals surface area (Å²) in [7, 11) is 0. The quantitative estimate of drug-likeness (QED) is 0.140. The molecule has 0 saturated carbocycles. The van der Waals surface area contributed by atoms with Gasteiger partial charge >= 0.3 is 0 Å². The zero-order chi connectivity index (χ0) is 23.9. The Morgan fingerprint density at radius 2 is 1.50 bits per heavy atom. The number of likely N-dealkylation sites (N-methyl/N-ethyl adjacent to an activating group) is 1.